The maximum Gasteiger partial charge on any atom is 0.128 e. The Morgan fingerprint density at radius 1 is 1.11 bits per heavy atom. The second-order valence-electron chi connectivity index (χ2n) is 3.71. The van der Waals surface area contributed by atoms with Crippen molar-refractivity contribution in [3.63, 3.8) is 0 Å². The summed E-state index contributed by atoms with van der Waals surface area (Å²) in [6.45, 7) is 0.354. The molecule has 0 fully saturated rings. The van der Waals surface area contributed by atoms with Crippen molar-refractivity contribution < 1.29 is 4.39 Å². The van der Waals surface area contributed by atoms with Crippen LogP contribution in [0.15, 0.2) is 40.9 Å². The van der Waals surface area contributed by atoms with E-state index in [4.69, 9.17) is 23.2 Å². The summed E-state index contributed by atoms with van der Waals surface area (Å²) in [7, 11) is 0. The fourth-order valence-electron chi connectivity index (χ4n) is 1.50. The van der Waals surface area contributed by atoms with Gasteiger partial charge in [-0.3, -0.25) is 0 Å². The predicted molar refractivity (Wildman–Crippen MR) is 77.9 cm³/mol. The lowest BCUT2D eigenvalue weighted by molar-refractivity contribution is 0.612. The summed E-state index contributed by atoms with van der Waals surface area (Å²) in [5.41, 5.74) is 1.29. The minimum Gasteiger partial charge on any atom is -0.380 e. The first-order valence-electron chi connectivity index (χ1n) is 5.19. The minimum absolute atomic E-state index is 0.254. The molecule has 94 valence electrons. The Balaban J connectivity index is 2.13. The number of anilines is 1. The molecule has 0 aliphatic rings. The van der Waals surface area contributed by atoms with E-state index in [2.05, 4.69) is 21.2 Å². The Morgan fingerprint density at radius 2 is 1.89 bits per heavy atom. The van der Waals surface area contributed by atoms with Gasteiger partial charge in [-0.05, 0) is 36.4 Å². The zero-order chi connectivity index (χ0) is 13.1. The van der Waals surface area contributed by atoms with Crippen molar-refractivity contribution in [1.29, 1.82) is 0 Å². The van der Waals surface area contributed by atoms with Crippen LogP contribution < -0.4 is 5.32 Å². The van der Waals surface area contributed by atoms with Gasteiger partial charge in [0.2, 0.25) is 0 Å². The Bertz CT molecular complexity index is 575. The van der Waals surface area contributed by atoms with Crippen molar-refractivity contribution >= 4 is 44.8 Å². The molecule has 0 radical (unpaired) electrons. The Kier molecular flexibility index (Phi) is 4.49. The molecule has 0 amide bonds. The van der Waals surface area contributed by atoms with Gasteiger partial charge in [-0.2, -0.15) is 0 Å². The second-order valence-corrected chi connectivity index (χ2v) is 5.47. The molecule has 2 rings (SSSR count). The lowest BCUT2D eigenvalue weighted by Crippen LogP contribution is -2.02. The first kappa shape index (κ1) is 13.7. The van der Waals surface area contributed by atoms with E-state index < -0.39 is 0 Å². The van der Waals surface area contributed by atoms with Gasteiger partial charge in [0.25, 0.3) is 0 Å². The summed E-state index contributed by atoms with van der Waals surface area (Å²) in [5.74, 6) is -0.254. The van der Waals surface area contributed by atoms with Gasteiger partial charge in [-0.15, -0.1) is 0 Å². The molecule has 0 spiro atoms. The van der Waals surface area contributed by atoms with Gasteiger partial charge in [0.05, 0.1) is 10.7 Å². The van der Waals surface area contributed by atoms with Gasteiger partial charge in [-0.1, -0.05) is 39.1 Å². The van der Waals surface area contributed by atoms with Gasteiger partial charge in [-0.25, -0.2) is 4.39 Å². The van der Waals surface area contributed by atoms with Crippen LogP contribution in [0.1, 0.15) is 5.56 Å². The highest BCUT2D eigenvalue weighted by atomic mass is 79.9. The number of hydrogen-bond acceptors (Lipinski definition) is 1. The maximum absolute atomic E-state index is 13.5. The van der Waals surface area contributed by atoms with Crippen molar-refractivity contribution in [3.05, 3.63) is 62.3 Å². The molecule has 1 nitrogen and oxygen atoms in total. The maximum atomic E-state index is 13.5. The highest BCUT2D eigenvalue weighted by Crippen LogP contribution is 2.26. The molecule has 0 saturated carbocycles. The second kappa shape index (κ2) is 5.91. The summed E-state index contributed by atoms with van der Waals surface area (Å²) in [6, 6.07) is 9.95. The molecular formula is C13H9BrCl2FN. The molecule has 18 heavy (non-hydrogen) atoms. The molecule has 0 aromatic heterocycles. The van der Waals surface area contributed by atoms with Crippen LogP contribution in [0.25, 0.3) is 0 Å². The molecule has 0 heterocycles. The minimum atomic E-state index is -0.254. The van der Waals surface area contributed by atoms with Crippen LogP contribution in [0, 0.1) is 5.82 Å². The van der Waals surface area contributed by atoms with Gasteiger partial charge in [0, 0.05) is 21.6 Å². The molecule has 0 saturated heterocycles. The molecule has 0 bridgehead atoms. The molecular weight excluding hydrogens is 340 g/mol. The summed E-state index contributed by atoms with van der Waals surface area (Å²) in [6.07, 6.45) is 0. The summed E-state index contributed by atoms with van der Waals surface area (Å²) in [5, 5.41) is 4.15. The number of hydrogen-bond donors (Lipinski definition) is 1. The van der Waals surface area contributed by atoms with E-state index in [1.54, 1.807) is 30.3 Å². The van der Waals surface area contributed by atoms with E-state index in [0.29, 0.717) is 22.2 Å². The van der Waals surface area contributed by atoms with Crippen LogP contribution in [0.2, 0.25) is 10.0 Å². The standard InChI is InChI=1S/C13H9BrCl2FN/c14-9-1-3-12(17)8(5-9)7-18-13-4-2-10(15)6-11(13)16/h1-6,18H,7H2. The molecule has 1 N–H and O–H groups in total. The van der Waals surface area contributed by atoms with Gasteiger partial charge < -0.3 is 5.32 Å². The normalized spacial score (nSPS) is 10.4. The van der Waals surface area contributed by atoms with E-state index >= 15 is 0 Å². The highest BCUT2D eigenvalue weighted by molar-refractivity contribution is 9.10. The van der Waals surface area contributed by atoms with Crippen LogP contribution in [0.4, 0.5) is 10.1 Å². The van der Waals surface area contributed by atoms with Crippen LogP contribution in [0.3, 0.4) is 0 Å². The quantitative estimate of drug-likeness (QED) is 0.771. The third kappa shape index (κ3) is 3.37. The predicted octanol–water partition coefficient (Wildman–Crippen LogP) is 5.51. The molecule has 0 aliphatic heterocycles. The first-order valence-corrected chi connectivity index (χ1v) is 6.74. The fraction of sp³-hybridized carbons (Fsp3) is 0.0769. The lowest BCUT2D eigenvalue weighted by atomic mass is 10.2. The van der Waals surface area contributed by atoms with Crippen molar-refractivity contribution in [3.8, 4) is 0 Å². The Morgan fingerprint density at radius 3 is 2.61 bits per heavy atom. The van der Waals surface area contributed by atoms with Gasteiger partial charge in [0.15, 0.2) is 0 Å². The van der Waals surface area contributed by atoms with Gasteiger partial charge >= 0.3 is 0 Å². The first-order chi connectivity index (χ1) is 8.56. The summed E-state index contributed by atoms with van der Waals surface area (Å²) in [4.78, 5) is 0. The van der Waals surface area contributed by atoms with Crippen LogP contribution in [-0.4, -0.2) is 0 Å². The average Bonchev–Trinajstić information content (AvgIpc) is 2.32. The smallest absolute Gasteiger partial charge is 0.128 e. The van der Waals surface area contributed by atoms with E-state index in [1.807, 2.05) is 0 Å². The molecule has 0 unspecified atom stereocenters. The van der Waals surface area contributed by atoms with E-state index in [1.165, 1.54) is 6.07 Å². The van der Waals surface area contributed by atoms with Crippen LogP contribution in [-0.2, 0) is 6.54 Å². The summed E-state index contributed by atoms with van der Waals surface area (Å²) >= 11 is 15.1. The van der Waals surface area contributed by atoms with Crippen molar-refractivity contribution in [2.75, 3.05) is 5.32 Å². The largest absolute Gasteiger partial charge is 0.380 e. The van der Waals surface area contributed by atoms with Crippen LogP contribution >= 0.6 is 39.1 Å². The number of halogens is 4. The van der Waals surface area contributed by atoms with Crippen molar-refractivity contribution in [2.45, 2.75) is 6.54 Å². The molecule has 2 aromatic rings. The monoisotopic (exact) mass is 347 g/mol. The third-order valence-electron chi connectivity index (χ3n) is 2.41. The molecule has 2 aromatic carbocycles. The van der Waals surface area contributed by atoms with Crippen molar-refractivity contribution in [1.82, 2.24) is 0 Å². The molecule has 0 atom stereocenters. The molecule has 0 aliphatic carbocycles. The highest BCUT2D eigenvalue weighted by Gasteiger charge is 2.05. The third-order valence-corrected chi connectivity index (χ3v) is 3.45. The number of nitrogens with one attached hydrogen (secondary N) is 1. The number of rotatable bonds is 3. The number of benzene rings is 2. The Labute approximate surface area is 123 Å². The average molecular weight is 349 g/mol. The van der Waals surface area contributed by atoms with Gasteiger partial charge in [0.1, 0.15) is 5.82 Å². The van der Waals surface area contributed by atoms with Crippen molar-refractivity contribution in [2.24, 2.45) is 0 Å². The Hall–Kier alpha value is -0.770. The zero-order valence-electron chi connectivity index (χ0n) is 9.18. The SMILES string of the molecule is Fc1ccc(Br)cc1CNc1ccc(Cl)cc1Cl. The zero-order valence-corrected chi connectivity index (χ0v) is 12.3. The fourth-order valence-corrected chi connectivity index (χ4v) is 2.39. The topological polar surface area (TPSA) is 12.0 Å². The molecule has 5 heteroatoms. The van der Waals surface area contributed by atoms with E-state index in [-0.39, 0.29) is 5.82 Å². The lowest BCUT2D eigenvalue weighted by Gasteiger charge is -2.09. The summed E-state index contributed by atoms with van der Waals surface area (Å²) < 4.78 is 14.4. The van der Waals surface area contributed by atoms with E-state index in [0.717, 1.165) is 10.2 Å². The van der Waals surface area contributed by atoms with E-state index in [9.17, 15) is 4.39 Å². The van der Waals surface area contributed by atoms with Crippen LogP contribution in [0.5, 0.6) is 0 Å².